The van der Waals surface area contributed by atoms with Gasteiger partial charge in [-0.2, -0.15) is 3.97 Å². The van der Waals surface area contributed by atoms with Gasteiger partial charge >= 0.3 is 5.95 Å². The lowest BCUT2D eigenvalue weighted by molar-refractivity contribution is -0.614. The van der Waals surface area contributed by atoms with Crippen molar-refractivity contribution in [3.63, 3.8) is 0 Å². The first-order chi connectivity index (χ1) is 11.8. The van der Waals surface area contributed by atoms with E-state index in [1.54, 1.807) is 7.11 Å². The monoisotopic (exact) mass is 338 g/mol. The minimum Gasteiger partial charge on any atom is -0.496 e. The van der Waals surface area contributed by atoms with Crippen LogP contribution in [0.5, 0.6) is 5.75 Å². The van der Waals surface area contributed by atoms with Crippen LogP contribution < -0.4 is 9.30 Å². The molecule has 5 rings (SSSR count). The Balaban J connectivity index is 1.87. The summed E-state index contributed by atoms with van der Waals surface area (Å²) in [6, 6.07) is 8.41. The van der Waals surface area contributed by atoms with Gasteiger partial charge in [-0.05, 0) is 38.3 Å². The Morgan fingerprint density at radius 3 is 3.04 bits per heavy atom. The largest absolute Gasteiger partial charge is 0.496 e. The van der Waals surface area contributed by atoms with Crippen LogP contribution in [-0.4, -0.2) is 16.1 Å². The molecule has 0 saturated heterocycles. The van der Waals surface area contributed by atoms with Gasteiger partial charge < -0.3 is 4.74 Å². The van der Waals surface area contributed by atoms with Crippen LogP contribution in [0.4, 0.5) is 0 Å². The summed E-state index contributed by atoms with van der Waals surface area (Å²) < 4.78 is 10.4. The highest BCUT2D eigenvalue weighted by Gasteiger charge is 2.39. The molecule has 5 heteroatoms. The lowest BCUT2D eigenvalue weighted by Crippen LogP contribution is -2.43. The van der Waals surface area contributed by atoms with E-state index in [0.717, 1.165) is 23.6 Å². The van der Waals surface area contributed by atoms with Crippen LogP contribution in [0.25, 0.3) is 17.0 Å². The fraction of sp³-hybridized carbons (Fsp3) is 0.368. The summed E-state index contributed by atoms with van der Waals surface area (Å²) in [5.41, 5.74) is 6.22. The number of pyridine rings is 1. The van der Waals surface area contributed by atoms with Gasteiger partial charge in [0.15, 0.2) is 11.0 Å². The minimum atomic E-state index is 0.460. The number of methoxy groups -OCH3 is 1. The predicted molar refractivity (Wildman–Crippen MR) is 95.8 cm³/mol. The molecule has 4 nitrogen and oxygen atoms in total. The molecule has 122 valence electrons. The standard InChI is InChI=1S/C19H20N3OS/c1-12-11-21-17-13(18(12)23-2)7-3-6-10-16(17)24-22-15-9-5-4-8-14(15)20-19(21)22/h4-5,8-9,11,16H,3,6-7,10H2,1-2H3/q+1. The molecular formula is C19H20N3OS+. The molecule has 0 bridgehead atoms. The Kier molecular flexibility index (Phi) is 3.13. The molecule has 0 radical (unpaired) electrons. The van der Waals surface area contributed by atoms with E-state index in [2.05, 4.69) is 45.9 Å². The normalized spacial score (nSPS) is 18.8. The van der Waals surface area contributed by atoms with E-state index in [9.17, 15) is 0 Å². The van der Waals surface area contributed by atoms with Crippen molar-refractivity contribution in [1.29, 1.82) is 0 Å². The Bertz CT molecular complexity index is 963. The molecule has 0 fully saturated rings. The molecule has 0 saturated carbocycles. The average molecular weight is 338 g/mol. The molecule has 1 aliphatic heterocycles. The van der Waals surface area contributed by atoms with Crippen molar-refractivity contribution in [2.24, 2.45) is 0 Å². The molecule has 3 aromatic rings. The van der Waals surface area contributed by atoms with Crippen molar-refractivity contribution in [3.8, 4) is 11.7 Å². The van der Waals surface area contributed by atoms with Gasteiger partial charge in [-0.25, -0.2) is 4.57 Å². The summed E-state index contributed by atoms with van der Waals surface area (Å²) >= 11 is 1.92. The SMILES string of the molecule is COc1c(C)c[n+]2c3c1CCCCC3Sn1c-2nc2ccccc21. The molecule has 1 aliphatic carbocycles. The number of benzene rings is 1. The molecular weight excluding hydrogens is 318 g/mol. The van der Waals surface area contributed by atoms with Gasteiger partial charge in [0.05, 0.1) is 18.6 Å². The Morgan fingerprint density at radius 2 is 2.17 bits per heavy atom. The first-order valence-electron chi connectivity index (χ1n) is 8.55. The molecule has 1 atom stereocenters. The molecule has 24 heavy (non-hydrogen) atoms. The number of aromatic nitrogens is 3. The highest BCUT2D eigenvalue weighted by molar-refractivity contribution is 7.98. The third-order valence-corrected chi connectivity index (χ3v) is 6.41. The smallest absolute Gasteiger partial charge is 0.416 e. The summed E-state index contributed by atoms with van der Waals surface area (Å²) in [7, 11) is 1.79. The van der Waals surface area contributed by atoms with Crippen LogP contribution >= 0.6 is 11.9 Å². The zero-order valence-corrected chi connectivity index (χ0v) is 14.8. The van der Waals surface area contributed by atoms with Crippen LogP contribution in [0, 0.1) is 6.92 Å². The quantitative estimate of drug-likeness (QED) is 0.630. The van der Waals surface area contributed by atoms with Crippen molar-refractivity contribution in [1.82, 2.24) is 8.96 Å². The van der Waals surface area contributed by atoms with Crippen molar-refractivity contribution >= 4 is 23.0 Å². The second-order valence-electron chi connectivity index (χ2n) is 6.61. The third-order valence-electron chi connectivity index (χ3n) is 5.13. The van der Waals surface area contributed by atoms with E-state index in [1.807, 2.05) is 11.9 Å². The molecule has 0 amide bonds. The number of ether oxygens (including phenoxy) is 1. The zero-order valence-electron chi connectivity index (χ0n) is 14.0. The zero-order chi connectivity index (χ0) is 16.3. The highest BCUT2D eigenvalue weighted by Crippen LogP contribution is 2.45. The second kappa shape index (κ2) is 5.24. The summed E-state index contributed by atoms with van der Waals surface area (Å²) in [5, 5.41) is 0.460. The van der Waals surface area contributed by atoms with Gasteiger partial charge in [0.1, 0.15) is 11.4 Å². The van der Waals surface area contributed by atoms with Gasteiger partial charge in [0.2, 0.25) is 0 Å². The maximum atomic E-state index is 5.77. The van der Waals surface area contributed by atoms with Crippen molar-refractivity contribution < 1.29 is 9.30 Å². The number of nitrogens with zero attached hydrogens (tertiary/aromatic N) is 3. The van der Waals surface area contributed by atoms with Crippen molar-refractivity contribution in [2.75, 3.05) is 7.11 Å². The number of fused-ring (bicyclic) bond motifs is 4. The number of rotatable bonds is 1. The molecule has 2 aliphatic rings. The van der Waals surface area contributed by atoms with E-state index < -0.39 is 0 Å². The summed E-state index contributed by atoms with van der Waals surface area (Å²) in [6.45, 7) is 2.14. The average Bonchev–Trinajstić information content (AvgIpc) is 2.83. The molecule has 1 unspecified atom stereocenters. The van der Waals surface area contributed by atoms with Gasteiger partial charge in [0, 0.05) is 23.1 Å². The molecule has 2 aromatic heterocycles. The fourth-order valence-electron chi connectivity index (χ4n) is 4.11. The molecule has 0 spiro atoms. The highest BCUT2D eigenvalue weighted by atomic mass is 32.2. The van der Waals surface area contributed by atoms with Crippen LogP contribution in [0.1, 0.15) is 41.3 Å². The van der Waals surface area contributed by atoms with Gasteiger partial charge in [-0.1, -0.05) is 23.5 Å². The molecule has 1 aromatic carbocycles. The maximum Gasteiger partial charge on any atom is 0.416 e. The Hall–Kier alpha value is -2.01. The van der Waals surface area contributed by atoms with Crippen LogP contribution in [0.2, 0.25) is 0 Å². The van der Waals surface area contributed by atoms with Gasteiger partial charge in [-0.3, -0.25) is 0 Å². The van der Waals surface area contributed by atoms with Crippen molar-refractivity contribution in [2.45, 2.75) is 37.9 Å². The molecule has 3 heterocycles. The first kappa shape index (κ1) is 14.3. The number of imidazole rings is 1. The van der Waals surface area contributed by atoms with Gasteiger partial charge in [-0.15, -0.1) is 0 Å². The number of aryl methyl sites for hydroxylation is 1. The summed E-state index contributed by atoms with van der Waals surface area (Å²) in [4.78, 5) is 4.92. The van der Waals surface area contributed by atoms with Gasteiger partial charge in [0.25, 0.3) is 0 Å². The topological polar surface area (TPSA) is 30.9 Å². The predicted octanol–water partition coefficient (Wildman–Crippen LogP) is 3.91. The van der Waals surface area contributed by atoms with Crippen LogP contribution in [0.15, 0.2) is 30.5 Å². The molecule has 0 N–H and O–H groups in total. The number of hydrogen-bond acceptors (Lipinski definition) is 3. The first-order valence-corrected chi connectivity index (χ1v) is 9.38. The summed E-state index contributed by atoms with van der Waals surface area (Å²) in [5.74, 6) is 2.08. The van der Waals surface area contributed by atoms with E-state index in [1.165, 1.54) is 41.6 Å². The maximum absolute atomic E-state index is 5.77. The second-order valence-corrected chi connectivity index (χ2v) is 7.76. The van der Waals surface area contributed by atoms with Crippen LogP contribution in [0.3, 0.4) is 0 Å². The Morgan fingerprint density at radius 1 is 1.29 bits per heavy atom. The van der Waals surface area contributed by atoms with E-state index in [4.69, 9.17) is 9.72 Å². The van der Waals surface area contributed by atoms with E-state index >= 15 is 0 Å². The Labute approximate surface area is 145 Å². The number of para-hydroxylation sites is 2. The van der Waals surface area contributed by atoms with E-state index in [0.29, 0.717) is 5.25 Å². The number of hydrogen-bond donors (Lipinski definition) is 0. The minimum absolute atomic E-state index is 0.460. The van der Waals surface area contributed by atoms with Crippen LogP contribution in [-0.2, 0) is 6.42 Å². The van der Waals surface area contributed by atoms with E-state index in [-0.39, 0.29) is 0 Å². The van der Waals surface area contributed by atoms with Crippen molar-refractivity contribution in [3.05, 3.63) is 47.3 Å². The summed E-state index contributed by atoms with van der Waals surface area (Å²) in [6.07, 6.45) is 6.99. The lowest BCUT2D eigenvalue weighted by Gasteiger charge is -2.24. The third kappa shape index (κ3) is 1.88. The lowest BCUT2D eigenvalue weighted by atomic mass is 10.0. The fourth-order valence-corrected chi connectivity index (χ4v) is 5.48.